The number of hydrogen-bond acceptors (Lipinski definition) is 2. The smallest absolute Gasteiger partial charge is 0.0961 e. The summed E-state index contributed by atoms with van der Waals surface area (Å²) in [6.45, 7) is 4.89. The van der Waals surface area contributed by atoms with Gasteiger partial charge in [0.05, 0.1) is 23.6 Å². The minimum Gasteiger partial charge on any atom is -0.273 e. The topological polar surface area (TPSA) is 35.6 Å². The predicted octanol–water partition coefficient (Wildman–Crippen LogP) is 5.77. The van der Waals surface area contributed by atoms with Crippen LogP contribution in [0.2, 0.25) is 0 Å². The maximum absolute atomic E-state index is 5.16. The highest BCUT2D eigenvalue weighted by atomic mass is 15.3. The van der Waals surface area contributed by atoms with Gasteiger partial charge in [-0.15, -0.1) is 0 Å². The SMILES string of the molecule is Cc1ccc(-c2nn(Cc3cccnc3)c3c2CCc2ccc(-n4c#ccc4C)cc2-3)cc1. The van der Waals surface area contributed by atoms with Gasteiger partial charge in [0.2, 0.25) is 0 Å². The molecular weight excluding hydrogens is 404 g/mol. The number of hydrogen-bond donors (Lipinski definition) is 0. The van der Waals surface area contributed by atoms with E-state index in [0.717, 1.165) is 35.5 Å². The Balaban J connectivity index is 1.55. The first-order valence-corrected chi connectivity index (χ1v) is 11.3. The normalized spacial score (nSPS) is 12.2. The van der Waals surface area contributed by atoms with Crippen LogP contribution in [0, 0.1) is 26.1 Å². The van der Waals surface area contributed by atoms with E-state index in [-0.39, 0.29) is 0 Å². The Bertz CT molecular complexity index is 1440. The van der Waals surface area contributed by atoms with Crippen LogP contribution in [0.3, 0.4) is 0 Å². The van der Waals surface area contributed by atoms with Crippen molar-refractivity contribution in [2.75, 3.05) is 0 Å². The van der Waals surface area contributed by atoms with Gasteiger partial charge in [-0.25, -0.2) is 0 Å². The Morgan fingerprint density at radius 1 is 1.00 bits per heavy atom. The van der Waals surface area contributed by atoms with E-state index < -0.39 is 0 Å². The predicted molar refractivity (Wildman–Crippen MR) is 130 cm³/mol. The fourth-order valence-corrected chi connectivity index (χ4v) is 4.78. The molecule has 0 saturated carbocycles. The van der Waals surface area contributed by atoms with Crippen molar-refractivity contribution in [3.63, 3.8) is 0 Å². The van der Waals surface area contributed by atoms with Crippen LogP contribution in [-0.4, -0.2) is 19.3 Å². The third-order valence-corrected chi connectivity index (χ3v) is 6.49. The van der Waals surface area contributed by atoms with E-state index in [4.69, 9.17) is 5.10 Å². The number of fused-ring (bicyclic) bond motifs is 3. The van der Waals surface area contributed by atoms with Gasteiger partial charge < -0.3 is 0 Å². The molecule has 0 fully saturated rings. The second-order valence-electron chi connectivity index (χ2n) is 8.78. The third-order valence-electron chi connectivity index (χ3n) is 6.49. The van der Waals surface area contributed by atoms with Crippen LogP contribution in [0.1, 0.15) is 27.9 Å². The summed E-state index contributed by atoms with van der Waals surface area (Å²) in [5, 5.41) is 5.16. The van der Waals surface area contributed by atoms with Gasteiger partial charge in [0.25, 0.3) is 0 Å². The summed E-state index contributed by atoms with van der Waals surface area (Å²) in [7, 11) is 0. The highest BCUT2D eigenvalue weighted by Gasteiger charge is 2.26. The molecule has 3 aromatic heterocycles. The van der Waals surface area contributed by atoms with E-state index >= 15 is 0 Å². The molecule has 0 atom stereocenters. The van der Waals surface area contributed by atoms with Crippen molar-refractivity contribution in [2.45, 2.75) is 33.2 Å². The Morgan fingerprint density at radius 3 is 2.64 bits per heavy atom. The summed E-state index contributed by atoms with van der Waals surface area (Å²) in [6.07, 6.45) is 8.94. The van der Waals surface area contributed by atoms with Gasteiger partial charge in [-0.05, 0) is 62.1 Å². The largest absolute Gasteiger partial charge is 0.273 e. The minimum absolute atomic E-state index is 0.689. The molecule has 0 N–H and O–H groups in total. The van der Waals surface area contributed by atoms with E-state index in [1.54, 1.807) is 0 Å². The maximum Gasteiger partial charge on any atom is 0.0961 e. The molecule has 0 bridgehead atoms. The Labute approximate surface area is 194 Å². The molecule has 0 saturated heterocycles. The average molecular weight is 429 g/mol. The monoisotopic (exact) mass is 428 g/mol. The van der Waals surface area contributed by atoms with E-state index in [1.807, 2.05) is 24.5 Å². The highest BCUT2D eigenvalue weighted by Crippen LogP contribution is 2.40. The maximum atomic E-state index is 5.16. The number of aromatic nitrogens is 4. The number of pyridine rings is 1. The molecule has 0 radical (unpaired) electrons. The summed E-state index contributed by atoms with van der Waals surface area (Å²) >= 11 is 0. The second-order valence-corrected chi connectivity index (χ2v) is 8.78. The Hall–Kier alpha value is -4.10. The standard InChI is InChI=1S/C29H24N4/c1-20-7-9-24(10-8-20)28-26-14-12-23-11-13-25(32-16-4-5-21(32)2)17-27(23)29(26)33(31-28)19-22-6-3-15-30-18-22/h3,5-11,13,15,17-18H,12,14,19H2,1-2H3. The molecule has 5 aromatic rings. The van der Waals surface area contributed by atoms with E-state index in [1.165, 1.54) is 33.5 Å². The highest BCUT2D eigenvalue weighted by molar-refractivity contribution is 5.79. The number of benzene rings is 2. The van der Waals surface area contributed by atoms with Crippen LogP contribution in [0.5, 0.6) is 0 Å². The number of aryl methyl sites for hydroxylation is 3. The molecule has 33 heavy (non-hydrogen) atoms. The minimum atomic E-state index is 0.689. The third kappa shape index (κ3) is 3.43. The van der Waals surface area contributed by atoms with Gasteiger partial charge in [-0.2, -0.15) is 5.10 Å². The van der Waals surface area contributed by atoms with Crippen molar-refractivity contribution in [3.05, 3.63) is 113 Å². The van der Waals surface area contributed by atoms with Crippen LogP contribution in [0.25, 0.3) is 28.2 Å². The van der Waals surface area contributed by atoms with E-state index in [0.29, 0.717) is 6.54 Å². The van der Waals surface area contributed by atoms with Crippen LogP contribution >= 0.6 is 0 Å². The molecule has 3 heterocycles. The van der Waals surface area contributed by atoms with Crippen molar-refractivity contribution in [1.29, 1.82) is 0 Å². The summed E-state index contributed by atoms with van der Waals surface area (Å²) in [5.41, 5.74) is 12.0. The molecule has 6 rings (SSSR count). The molecule has 0 aliphatic heterocycles. The zero-order valence-corrected chi connectivity index (χ0v) is 18.8. The summed E-state index contributed by atoms with van der Waals surface area (Å²) < 4.78 is 4.24. The quantitative estimate of drug-likeness (QED) is 0.364. The summed E-state index contributed by atoms with van der Waals surface area (Å²) in [5.74, 6) is 0. The lowest BCUT2D eigenvalue weighted by molar-refractivity contribution is 0.691. The molecule has 4 nitrogen and oxygen atoms in total. The first-order chi connectivity index (χ1) is 16.2. The van der Waals surface area contributed by atoms with Crippen molar-refractivity contribution < 1.29 is 0 Å². The average Bonchev–Trinajstić information content (AvgIpc) is 3.44. The zero-order chi connectivity index (χ0) is 22.4. The first kappa shape index (κ1) is 19.6. The van der Waals surface area contributed by atoms with Crippen LogP contribution in [0.15, 0.2) is 73.1 Å². The molecule has 1 aliphatic carbocycles. The summed E-state index contributed by atoms with van der Waals surface area (Å²) in [6, 6.07) is 24.6. The fourth-order valence-electron chi connectivity index (χ4n) is 4.78. The summed E-state index contributed by atoms with van der Waals surface area (Å²) in [4.78, 5) is 4.32. The van der Waals surface area contributed by atoms with Gasteiger partial charge >= 0.3 is 0 Å². The molecule has 1 aliphatic rings. The van der Waals surface area contributed by atoms with Crippen molar-refractivity contribution in [2.24, 2.45) is 0 Å². The fraction of sp³-hybridized carbons (Fsp3) is 0.172. The molecule has 0 spiro atoms. The Morgan fingerprint density at radius 2 is 1.88 bits per heavy atom. The number of nitrogens with zero attached hydrogens (tertiary/aromatic N) is 4. The van der Waals surface area contributed by atoms with Gasteiger partial charge in [-0.1, -0.05) is 42.0 Å². The van der Waals surface area contributed by atoms with Crippen molar-refractivity contribution in [3.8, 4) is 28.2 Å². The molecular formula is C29H24N4. The van der Waals surface area contributed by atoms with Crippen LogP contribution in [0.4, 0.5) is 0 Å². The lowest BCUT2D eigenvalue weighted by atomic mass is 9.87. The number of rotatable bonds is 4. The van der Waals surface area contributed by atoms with Gasteiger partial charge in [0.15, 0.2) is 0 Å². The van der Waals surface area contributed by atoms with Gasteiger partial charge in [-0.3, -0.25) is 14.2 Å². The molecule has 4 heteroatoms. The van der Waals surface area contributed by atoms with Crippen molar-refractivity contribution in [1.82, 2.24) is 19.3 Å². The molecule has 0 amide bonds. The van der Waals surface area contributed by atoms with E-state index in [2.05, 4.69) is 88.9 Å². The van der Waals surface area contributed by atoms with Gasteiger partial charge in [0.1, 0.15) is 0 Å². The first-order valence-electron chi connectivity index (χ1n) is 11.3. The van der Waals surface area contributed by atoms with Crippen LogP contribution < -0.4 is 0 Å². The van der Waals surface area contributed by atoms with Gasteiger partial charge in [0, 0.05) is 47.0 Å². The van der Waals surface area contributed by atoms with Crippen molar-refractivity contribution >= 4 is 0 Å². The van der Waals surface area contributed by atoms with E-state index in [9.17, 15) is 0 Å². The second kappa shape index (κ2) is 7.79. The van der Waals surface area contributed by atoms with Crippen LogP contribution in [-0.2, 0) is 19.4 Å². The molecule has 160 valence electrons. The lowest BCUT2D eigenvalue weighted by Crippen LogP contribution is -2.10. The molecule has 2 aromatic carbocycles. The Kier molecular flexibility index (Phi) is 4.62. The zero-order valence-electron chi connectivity index (χ0n) is 18.8. The molecule has 0 unspecified atom stereocenters. The lowest BCUT2D eigenvalue weighted by Gasteiger charge is -2.20.